The van der Waals surface area contributed by atoms with Crippen molar-refractivity contribution in [3.8, 4) is 11.5 Å². The molecule has 1 unspecified atom stereocenters. The minimum absolute atomic E-state index is 0.0494. The smallest absolute Gasteiger partial charge is 0.343 e. The zero-order chi connectivity index (χ0) is 28.4. The molecule has 0 heterocycles. The summed E-state index contributed by atoms with van der Waals surface area (Å²) in [7, 11) is 0. The van der Waals surface area contributed by atoms with E-state index in [4.69, 9.17) is 9.47 Å². The van der Waals surface area contributed by atoms with E-state index in [2.05, 4.69) is 33.0 Å². The first kappa shape index (κ1) is 29.4. The zero-order valence-electron chi connectivity index (χ0n) is 23.0. The quantitative estimate of drug-likeness (QED) is 0.164. The largest absolute Gasteiger partial charge is 0.494 e. The molecule has 3 rings (SSSR count). The number of unbranched alkanes of at least 4 members (excludes halogenated alkanes) is 2. The summed E-state index contributed by atoms with van der Waals surface area (Å²) in [5.74, 6) is -1.06. The number of aliphatic carboxylic acids is 1. The molecule has 0 radical (unpaired) electrons. The predicted molar refractivity (Wildman–Crippen MR) is 151 cm³/mol. The fraction of sp³-hybridized carbons (Fsp3) is 0.344. The Kier molecular flexibility index (Phi) is 10.3. The minimum atomic E-state index is -1.14. The van der Waals surface area contributed by atoms with Crippen molar-refractivity contribution in [3.63, 3.8) is 0 Å². The monoisotopic (exact) mass is 531 g/mol. The highest BCUT2D eigenvalue weighted by molar-refractivity contribution is 5.96. The Morgan fingerprint density at radius 2 is 1.41 bits per heavy atom. The molecule has 0 saturated heterocycles. The molecule has 0 aliphatic heterocycles. The van der Waals surface area contributed by atoms with E-state index in [1.165, 1.54) is 0 Å². The van der Waals surface area contributed by atoms with E-state index in [0.717, 1.165) is 24.8 Å². The number of carboxylic acid groups (broad SMARTS) is 1. The molecule has 0 aliphatic carbocycles. The zero-order valence-corrected chi connectivity index (χ0v) is 23.0. The van der Waals surface area contributed by atoms with Gasteiger partial charge in [0.2, 0.25) is 0 Å². The maximum Gasteiger partial charge on any atom is 0.343 e. The lowest BCUT2D eigenvalue weighted by atomic mass is 9.86. The molecule has 206 valence electrons. The van der Waals surface area contributed by atoms with Crippen molar-refractivity contribution in [2.45, 2.75) is 64.8 Å². The predicted octanol–water partition coefficient (Wildman–Crippen LogP) is 6.20. The van der Waals surface area contributed by atoms with Gasteiger partial charge in [-0.3, -0.25) is 4.79 Å². The maximum absolute atomic E-state index is 12.7. The first-order valence-electron chi connectivity index (χ1n) is 13.2. The van der Waals surface area contributed by atoms with Crippen LogP contribution in [0.2, 0.25) is 0 Å². The van der Waals surface area contributed by atoms with Crippen molar-refractivity contribution in [1.82, 2.24) is 5.32 Å². The molecule has 3 aromatic rings. The van der Waals surface area contributed by atoms with Gasteiger partial charge in [0.05, 0.1) is 12.2 Å². The van der Waals surface area contributed by atoms with Crippen molar-refractivity contribution in [2.24, 2.45) is 0 Å². The molecule has 2 N–H and O–H groups in total. The Hall–Kier alpha value is -4.13. The van der Waals surface area contributed by atoms with E-state index >= 15 is 0 Å². The molecule has 7 nitrogen and oxygen atoms in total. The molecule has 0 saturated carbocycles. The van der Waals surface area contributed by atoms with Gasteiger partial charge in [-0.15, -0.1) is 0 Å². The summed E-state index contributed by atoms with van der Waals surface area (Å²) in [6.07, 6.45) is 3.30. The summed E-state index contributed by atoms with van der Waals surface area (Å²) < 4.78 is 11.1. The number of amides is 1. The number of esters is 1. The van der Waals surface area contributed by atoms with E-state index in [0.29, 0.717) is 34.8 Å². The van der Waals surface area contributed by atoms with Crippen LogP contribution >= 0.6 is 0 Å². The van der Waals surface area contributed by atoms with Gasteiger partial charge in [0.25, 0.3) is 5.91 Å². The van der Waals surface area contributed by atoms with Crippen LogP contribution in [0.25, 0.3) is 0 Å². The second kappa shape index (κ2) is 13.6. The molecule has 7 heteroatoms. The first-order valence-corrected chi connectivity index (χ1v) is 13.2. The van der Waals surface area contributed by atoms with Gasteiger partial charge in [0.15, 0.2) is 0 Å². The van der Waals surface area contributed by atoms with Crippen LogP contribution in [0, 0.1) is 0 Å². The van der Waals surface area contributed by atoms with Crippen LogP contribution in [0.5, 0.6) is 11.5 Å². The summed E-state index contributed by atoms with van der Waals surface area (Å²) in [5.41, 5.74) is 2.50. The molecule has 1 amide bonds. The Balaban J connectivity index is 1.55. The van der Waals surface area contributed by atoms with Gasteiger partial charge in [-0.25, -0.2) is 9.59 Å². The molecular formula is C32H37NO6. The van der Waals surface area contributed by atoms with Crippen LogP contribution in [-0.2, 0) is 16.6 Å². The van der Waals surface area contributed by atoms with E-state index < -0.39 is 23.9 Å². The topological polar surface area (TPSA) is 102 Å². The van der Waals surface area contributed by atoms with Crippen molar-refractivity contribution >= 4 is 17.8 Å². The molecular weight excluding hydrogens is 494 g/mol. The van der Waals surface area contributed by atoms with Crippen LogP contribution in [0.3, 0.4) is 0 Å². The number of rotatable bonds is 12. The molecule has 0 aromatic heterocycles. The fourth-order valence-electron chi connectivity index (χ4n) is 3.89. The minimum Gasteiger partial charge on any atom is -0.494 e. The normalized spacial score (nSPS) is 11.9. The van der Waals surface area contributed by atoms with Crippen LogP contribution in [-0.4, -0.2) is 35.6 Å². The average molecular weight is 532 g/mol. The third-order valence-electron chi connectivity index (χ3n) is 6.30. The Morgan fingerprint density at radius 1 is 0.821 bits per heavy atom. The van der Waals surface area contributed by atoms with Crippen LogP contribution in [0.15, 0.2) is 72.8 Å². The maximum atomic E-state index is 12.7. The van der Waals surface area contributed by atoms with E-state index in [1.807, 2.05) is 12.1 Å². The Morgan fingerprint density at radius 3 is 1.97 bits per heavy atom. The Labute approximate surface area is 230 Å². The first-order chi connectivity index (χ1) is 18.6. The third kappa shape index (κ3) is 8.99. The highest BCUT2D eigenvalue weighted by Gasteiger charge is 2.22. The van der Waals surface area contributed by atoms with Crippen LogP contribution in [0.1, 0.15) is 78.8 Å². The molecule has 3 aromatic carbocycles. The molecule has 0 spiro atoms. The highest BCUT2D eigenvalue weighted by Crippen LogP contribution is 2.22. The van der Waals surface area contributed by atoms with Gasteiger partial charge in [-0.05, 0) is 71.5 Å². The number of hydrogen-bond donors (Lipinski definition) is 2. The van der Waals surface area contributed by atoms with Gasteiger partial charge >= 0.3 is 11.9 Å². The average Bonchev–Trinajstić information content (AvgIpc) is 2.91. The number of carboxylic acids is 1. The Bertz CT molecular complexity index is 1240. The second-order valence-corrected chi connectivity index (χ2v) is 10.5. The van der Waals surface area contributed by atoms with Crippen LogP contribution < -0.4 is 14.8 Å². The van der Waals surface area contributed by atoms with Gasteiger partial charge in [0, 0.05) is 12.0 Å². The number of benzene rings is 3. The molecule has 39 heavy (non-hydrogen) atoms. The summed E-state index contributed by atoms with van der Waals surface area (Å²) in [4.78, 5) is 37.0. The van der Waals surface area contributed by atoms with Crippen LogP contribution in [0.4, 0.5) is 0 Å². The van der Waals surface area contributed by atoms with E-state index in [-0.39, 0.29) is 11.8 Å². The van der Waals surface area contributed by atoms with Gasteiger partial charge in [0.1, 0.15) is 17.5 Å². The van der Waals surface area contributed by atoms with Crippen molar-refractivity contribution in [1.29, 1.82) is 0 Å². The van der Waals surface area contributed by atoms with Gasteiger partial charge in [-0.2, -0.15) is 0 Å². The van der Waals surface area contributed by atoms with Crippen molar-refractivity contribution in [3.05, 3.63) is 95.1 Å². The summed E-state index contributed by atoms with van der Waals surface area (Å²) in [5, 5.41) is 12.3. The second-order valence-electron chi connectivity index (χ2n) is 10.5. The number of nitrogens with one attached hydrogen (secondary N) is 1. The lowest BCUT2D eigenvalue weighted by molar-refractivity contribution is -0.139. The van der Waals surface area contributed by atoms with Crippen molar-refractivity contribution in [2.75, 3.05) is 6.61 Å². The summed E-state index contributed by atoms with van der Waals surface area (Å²) in [6, 6.07) is 19.4. The standard InChI is InChI=1S/C32H37NO6/c1-5-6-7-20-38-26-18-12-24(13-19-26)31(37)39-27-16-8-22(9-17-27)21-28(30(35)36)33-29(34)23-10-14-25(15-11-23)32(2,3)4/h8-19,28H,5-7,20-21H2,1-4H3,(H,33,34)(H,35,36). The number of carbonyl (C=O) groups excluding carboxylic acids is 2. The molecule has 0 bridgehead atoms. The number of ether oxygens (including phenoxy) is 2. The summed E-state index contributed by atoms with van der Waals surface area (Å²) in [6.45, 7) is 9.02. The summed E-state index contributed by atoms with van der Waals surface area (Å²) >= 11 is 0. The highest BCUT2D eigenvalue weighted by atomic mass is 16.5. The molecule has 0 aliphatic rings. The lowest BCUT2D eigenvalue weighted by Gasteiger charge is -2.19. The molecule has 0 fully saturated rings. The molecule has 1 atom stereocenters. The van der Waals surface area contributed by atoms with E-state index in [9.17, 15) is 19.5 Å². The SMILES string of the molecule is CCCCCOc1ccc(C(=O)Oc2ccc(CC(NC(=O)c3ccc(C(C)(C)C)cc3)C(=O)O)cc2)cc1. The number of carbonyl (C=O) groups is 3. The van der Waals surface area contributed by atoms with Gasteiger partial charge in [-0.1, -0.05) is 64.8 Å². The third-order valence-corrected chi connectivity index (χ3v) is 6.30. The lowest BCUT2D eigenvalue weighted by Crippen LogP contribution is -2.42. The fourth-order valence-corrected chi connectivity index (χ4v) is 3.89. The van der Waals surface area contributed by atoms with E-state index in [1.54, 1.807) is 60.7 Å². The number of hydrogen-bond acceptors (Lipinski definition) is 5. The van der Waals surface area contributed by atoms with Crippen molar-refractivity contribution < 1.29 is 29.0 Å². The van der Waals surface area contributed by atoms with Gasteiger partial charge < -0.3 is 19.9 Å².